The van der Waals surface area contributed by atoms with Gasteiger partial charge in [-0.15, -0.1) is 10.2 Å². The maximum absolute atomic E-state index is 12.2. The second-order valence-electron chi connectivity index (χ2n) is 8.45. The molecule has 2 heterocycles. The highest BCUT2D eigenvalue weighted by Crippen LogP contribution is 2.39. The fraction of sp³-hybridized carbons (Fsp3) is 0.360. The summed E-state index contributed by atoms with van der Waals surface area (Å²) in [7, 11) is 3.70. The van der Waals surface area contributed by atoms with Crippen LogP contribution in [-0.4, -0.2) is 78.0 Å². The second kappa shape index (κ2) is 11.1. The first-order valence-electron chi connectivity index (χ1n) is 11.4. The van der Waals surface area contributed by atoms with Gasteiger partial charge in [-0.25, -0.2) is 0 Å². The van der Waals surface area contributed by atoms with Crippen molar-refractivity contribution in [2.24, 2.45) is 15.4 Å². The third kappa shape index (κ3) is 5.84. The van der Waals surface area contributed by atoms with Gasteiger partial charge in [-0.2, -0.15) is 0 Å². The summed E-state index contributed by atoms with van der Waals surface area (Å²) in [5.41, 5.74) is 2.56. The lowest BCUT2D eigenvalue weighted by Gasteiger charge is -2.32. The molecule has 10 heteroatoms. The van der Waals surface area contributed by atoms with Crippen LogP contribution in [0.3, 0.4) is 0 Å². The van der Waals surface area contributed by atoms with E-state index in [1.807, 2.05) is 48.5 Å². The Labute approximate surface area is 204 Å². The number of benzene rings is 2. The molecule has 0 spiro atoms. The third-order valence-electron chi connectivity index (χ3n) is 6.01. The van der Waals surface area contributed by atoms with Crippen molar-refractivity contribution >= 4 is 28.2 Å². The highest BCUT2D eigenvalue weighted by Gasteiger charge is 2.20. The predicted molar refractivity (Wildman–Crippen MR) is 133 cm³/mol. The molecule has 1 aliphatic heterocycles. The standard InChI is InChI=1S/C25H30N6O4/c1-18(19-8-10-20(34-3)11-9-19)28-35-16-23(32)26-27-24-21-6-4-5-7-22(21)31(25(24)33)17-30-14-12-29(2)13-15-30/h4-11,33H,12-17H2,1-3H3. The highest BCUT2D eigenvalue weighted by molar-refractivity contribution is 5.98. The van der Waals surface area contributed by atoms with Crippen molar-refractivity contribution < 1.29 is 19.5 Å². The van der Waals surface area contributed by atoms with Gasteiger partial charge >= 0.3 is 5.91 Å². The summed E-state index contributed by atoms with van der Waals surface area (Å²) in [5, 5.41) is 23.4. The Kier molecular flexibility index (Phi) is 7.74. The number of fused-ring (bicyclic) bond motifs is 1. The fourth-order valence-electron chi connectivity index (χ4n) is 3.91. The van der Waals surface area contributed by atoms with Crippen molar-refractivity contribution in [1.82, 2.24) is 14.4 Å². The summed E-state index contributed by atoms with van der Waals surface area (Å²) < 4.78 is 6.95. The van der Waals surface area contributed by atoms with Gasteiger partial charge < -0.3 is 19.6 Å². The van der Waals surface area contributed by atoms with Crippen LogP contribution in [0.4, 0.5) is 5.69 Å². The molecule has 184 valence electrons. The Morgan fingerprint density at radius 2 is 1.77 bits per heavy atom. The van der Waals surface area contributed by atoms with Crippen LogP contribution < -0.4 is 4.74 Å². The Morgan fingerprint density at radius 1 is 1.06 bits per heavy atom. The van der Waals surface area contributed by atoms with Crippen molar-refractivity contribution in [3.63, 3.8) is 0 Å². The van der Waals surface area contributed by atoms with Gasteiger partial charge in [0.15, 0.2) is 12.3 Å². The van der Waals surface area contributed by atoms with Gasteiger partial charge in [0.1, 0.15) is 5.75 Å². The Morgan fingerprint density at radius 3 is 2.49 bits per heavy atom. The number of rotatable bonds is 8. The zero-order valence-electron chi connectivity index (χ0n) is 20.2. The van der Waals surface area contributed by atoms with E-state index < -0.39 is 5.91 Å². The molecule has 0 saturated carbocycles. The van der Waals surface area contributed by atoms with Gasteiger partial charge in [0, 0.05) is 31.6 Å². The highest BCUT2D eigenvalue weighted by atomic mass is 16.6. The molecule has 0 unspecified atom stereocenters. The predicted octanol–water partition coefficient (Wildman–Crippen LogP) is 3.61. The number of hydrogen-bond donors (Lipinski definition) is 1. The molecule has 1 aromatic heterocycles. The lowest BCUT2D eigenvalue weighted by molar-refractivity contribution is -0.122. The van der Waals surface area contributed by atoms with E-state index in [-0.39, 0.29) is 18.2 Å². The zero-order valence-corrected chi connectivity index (χ0v) is 20.2. The van der Waals surface area contributed by atoms with Crippen molar-refractivity contribution in [2.75, 3.05) is 46.9 Å². The van der Waals surface area contributed by atoms with Crippen LogP contribution in [0.25, 0.3) is 10.9 Å². The van der Waals surface area contributed by atoms with Crippen LogP contribution in [0.15, 0.2) is 63.9 Å². The monoisotopic (exact) mass is 478 g/mol. The number of para-hydroxylation sites is 1. The molecular weight excluding hydrogens is 448 g/mol. The Hall–Kier alpha value is -3.76. The lowest BCUT2D eigenvalue weighted by Crippen LogP contribution is -2.44. The molecule has 35 heavy (non-hydrogen) atoms. The molecule has 1 N–H and O–H groups in total. The molecule has 0 radical (unpaired) electrons. The molecule has 3 aromatic rings. The summed E-state index contributed by atoms with van der Waals surface area (Å²) in [6.45, 7) is 5.71. The SMILES string of the molecule is COc1ccc(C(C)=NOCC(=O)N=Nc2c(O)n(CN3CCN(C)CC3)c3ccccc23)cc1. The normalized spacial score (nSPS) is 15.7. The number of ether oxygens (including phenoxy) is 1. The maximum atomic E-state index is 12.2. The molecule has 1 aliphatic rings. The van der Waals surface area contributed by atoms with Crippen LogP contribution >= 0.6 is 0 Å². The molecule has 0 aliphatic carbocycles. The number of likely N-dealkylation sites (N-methyl/N-ethyl adjacent to an activating group) is 1. The summed E-state index contributed by atoms with van der Waals surface area (Å²) in [6, 6.07) is 14.9. The molecule has 10 nitrogen and oxygen atoms in total. The largest absolute Gasteiger partial charge is 0.497 e. The lowest BCUT2D eigenvalue weighted by atomic mass is 10.1. The quantitative estimate of drug-likeness (QED) is 0.301. The van der Waals surface area contributed by atoms with Crippen molar-refractivity contribution in [3.8, 4) is 11.6 Å². The molecular formula is C25H30N6O4. The van der Waals surface area contributed by atoms with Gasteiger partial charge in [0.2, 0.25) is 5.88 Å². The molecule has 0 bridgehead atoms. The van der Waals surface area contributed by atoms with E-state index in [0.717, 1.165) is 48.4 Å². The minimum absolute atomic E-state index is 0.0176. The smallest absolute Gasteiger partial charge is 0.304 e. The second-order valence-corrected chi connectivity index (χ2v) is 8.45. The Bertz CT molecular complexity index is 1230. The van der Waals surface area contributed by atoms with E-state index >= 15 is 0 Å². The van der Waals surface area contributed by atoms with E-state index in [1.54, 1.807) is 18.6 Å². The number of nitrogens with zero attached hydrogens (tertiary/aromatic N) is 6. The van der Waals surface area contributed by atoms with Crippen molar-refractivity contribution in [2.45, 2.75) is 13.6 Å². The fourth-order valence-corrected chi connectivity index (χ4v) is 3.91. The van der Waals surface area contributed by atoms with Crippen LogP contribution in [0, 0.1) is 0 Å². The van der Waals surface area contributed by atoms with E-state index in [9.17, 15) is 9.90 Å². The third-order valence-corrected chi connectivity index (χ3v) is 6.01. The summed E-state index contributed by atoms with van der Waals surface area (Å²) in [6.07, 6.45) is 0. The van der Waals surface area contributed by atoms with E-state index in [0.29, 0.717) is 12.4 Å². The van der Waals surface area contributed by atoms with E-state index in [4.69, 9.17) is 9.57 Å². The van der Waals surface area contributed by atoms with Crippen molar-refractivity contribution in [1.29, 1.82) is 0 Å². The zero-order chi connectivity index (χ0) is 24.8. The average molecular weight is 479 g/mol. The first-order valence-corrected chi connectivity index (χ1v) is 11.4. The number of carbonyl (C=O) groups excluding carboxylic acids is 1. The van der Waals surface area contributed by atoms with Gasteiger partial charge in [0.05, 0.1) is 25.0 Å². The first kappa shape index (κ1) is 24.4. The summed E-state index contributed by atoms with van der Waals surface area (Å²) in [4.78, 5) is 22.0. The molecule has 2 aromatic carbocycles. The minimum atomic E-state index is -0.605. The van der Waals surface area contributed by atoms with Gasteiger partial charge in [-0.1, -0.05) is 23.4 Å². The van der Waals surface area contributed by atoms with E-state index in [1.165, 1.54) is 0 Å². The van der Waals surface area contributed by atoms with Gasteiger partial charge in [-0.3, -0.25) is 14.3 Å². The molecule has 4 rings (SSSR count). The Balaban J connectivity index is 1.42. The maximum Gasteiger partial charge on any atom is 0.304 e. The molecule has 1 fully saturated rings. The number of piperazine rings is 1. The van der Waals surface area contributed by atoms with E-state index in [2.05, 4.69) is 32.2 Å². The number of aromatic hydroxyl groups is 1. The number of aromatic nitrogens is 1. The van der Waals surface area contributed by atoms with Crippen LogP contribution in [-0.2, 0) is 16.3 Å². The first-order chi connectivity index (χ1) is 17.0. The van der Waals surface area contributed by atoms with Crippen LogP contribution in [0.1, 0.15) is 12.5 Å². The van der Waals surface area contributed by atoms with Crippen LogP contribution in [0.5, 0.6) is 11.6 Å². The van der Waals surface area contributed by atoms with Gasteiger partial charge in [0.25, 0.3) is 0 Å². The molecule has 0 atom stereocenters. The number of hydrogen-bond acceptors (Lipinski definition) is 8. The number of methoxy groups -OCH3 is 1. The summed E-state index contributed by atoms with van der Waals surface area (Å²) in [5.74, 6) is 0.119. The minimum Gasteiger partial charge on any atom is -0.497 e. The number of amides is 1. The number of azo groups is 1. The number of oxime groups is 1. The average Bonchev–Trinajstić information content (AvgIpc) is 3.14. The van der Waals surface area contributed by atoms with Gasteiger partial charge in [-0.05, 0) is 49.9 Å². The molecule has 1 saturated heterocycles. The van der Waals surface area contributed by atoms with Crippen LogP contribution in [0.2, 0.25) is 0 Å². The topological polar surface area (TPSA) is 104 Å². The summed E-state index contributed by atoms with van der Waals surface area (Å²) >= 11 is 0. The molecule has 1 amide bonds. The number of carbonyl (C=O) groups is 1. The van der Waals surface area contributed by atoms with Crippen molar-refractivity contribution in [3.05, 3.63) is 54.1 Å².